The van der Waals surface area contributed by atoms with Crippen LogP contribution in [0.5, 0.6) is 0 Å². The zero-order valence-corrected chi connectivity index (χ0v) is 10.6. The second kappa shape index (κ2) is 4.46. The van der Waals surface area contributed by atoms with Gasteiger partial charge >= 0.3 is 0 Å². The maximum atomic E-state index is 12.9. The van der Waals surface area contributed by atoms with Crippen LogP contribution in [-0.4, -0.2) is 10.1 Å². The lowest BCUT2D eigenvalue weighted by atomic mass is 10.2. The van der Waals surface area contributed by atoms with E-state index < -0.39 is 0 Å². The SMILES string of the molecule is CC(N)c1noc(-c2ccc(F)cc2I)n1. The molecule has 1 unspecified atom stereocenters. The Hall–Kier alpha value is -1.02. The maximum absolute atomic E-state index is 12.9. The number of benzene rings is 1. The summed E-state index contributed by atoms with van der Waals surface area (Å²) >= 11 is 2.02. The van der Waals surface area contributed by atoms with Crippen molar-refractivity contribution in [3.63, 3.8) is 0 Å². The Kier molecular flexibility index (Phi) is 3.20. The Morgan fingerprint density at radius 3 is 2.81 bits per heavy atom. The summed E-state index contributed by atoms with van der Waals surface area (Å²) in [4.78, 5) is 4.14. The molecule has 0 amide bonds. The summed E-state index contributed by atoms with van der Waals surface area (Å²) in [5.74, 6) is 0.506. The van der Waals surface area contributed by atoms with Gasteiger partial charge in [0.05, 0.1) is 11.6 Å². The number of halogens is 2. The lowest BCUT2D eigenvalue weighted by molar-refractivity contribution is 0.418. The van der Waals surface area contributed by atoms with Crippen molar-refractivity contribution in [3.8, 4) is 11.5 Å². The first-order chi connectivity index (χ1) is 7.58. The van der Waals surface area contributed by atoms with E-state index >= 15 is 0 Å². The van der Waals surface area contributed by atoms with E-state index in [1.54, 1.807) is 13.0 Å². The summed E-state index contributed by atoms with van der Waals surface area (Å²) in [6.45, 7) is 1.77. The van der Waals surface area contributed by atoms with Crippen LogP contribution in [0, 0.1) is 9.39 Å². The van der Waals surface area contributed by atoms with E-state index in [0.717, 1.165) is 3.57 Å². The highest BCUT2D eigenvalue weighted by molar-refractivity contribution is 14.1. The highest BCUT2D eigenvalue weighted by Crippen LogP contribution is 2.25. The minimum absolute atomic E-state index is 0.282. The lowest BCUT2D eigenvalue weighted by Gasteiger charge is -1.98. The van der Waals surface area contributed by atoms with Crippen molar-refractivity contribution >= 4 is 22.6 Å². The van der Waals surface area contributed by atoms with E-state index in [9.17, 15) is 4.39 Å². The second-order valence-corrected chi connectivity index (χ2v) is 4.53. The Morgan fingerprint density at radius 2 is 2.25 bits per heavy atom. The fourth-order valence-electron chi connectivity index (χ4n) is 1.19. The van der Waals surface area contributed by atoms with Crippen molar-refractivity contribution in [3.05, 3.63) is 33.4 Å². The summed E-state index contributed by atoms with van der Waals surface area (Å²) < 4.78 is 18.7. The Morgan fingerprint density at radius 1 is 1.50 bits per heavy atom. The van der Waals surface area contributed by atoms with Crippen LogP contribution >= 0.6 is 22.6 Å². The third kappa shape index (κ3) is 2.22. The van der Waals surface area contributed by atoms with Crippen molar-refractivity contribution in [2.75, 3.05) is 0 Å². The topological polar surface area (TPSA) is 64.9 Å². The number of nitrogens with zero attached hydrogens (tertiary/aromatic N) is 2. The summed E-state index contributed by atoms with van der Waals surface area (Å²) in [7, 11) is 0. The molecule has 1 aromatic carbocycles. The zero-order valence-electron chi connectivity index (χ0n) is 8.45. The molecule has 0 bridgehead atoms. The largest absolute Gasteiger partial charge is 0.334 e. The van der Waals surface area contributed by atoms with Gasteiger partial charge in [0, 0.05) is 3.57 Å². The van der Waals surface area contributed by atoms with Crippen molar-refractivity contribution in [2.45, 2.75) is 13.0 Å². The van der Waals surface area contributed by atoms with E-state index in [1.807, 2.05) is 22.6 Å². The Bertz CT molecular complexity index is 513. The standard InChI is InChI=1S/C10H9FIN3O/c1-5(13)9-14-10(16-15-9)7-3-2-6(11)4-8(7)12/h2-5H,13H2,1H3. The van der Waals surface area contributed by atoms with Gasteiger partial charge in [0.2, 0.25) is 0 Å². The minimum Gasteiger partial charge on any atom is -0.334 e. The normalized spacial score (nSPS) is 12.8. The third-order valence-corrected chi connectivity index (χ3v) is 2.90. The highest BCUT2D eigenvalue weighted by Gasteiger charge is 2.14. The fourth-order valence-corrected chi connectivity index (χ4v) is 1.90. The molecule has 4 nitrogen and oxygen atoms in total. The van der Waals surface area contributed by atoms with Crippen LogP contribution in [0.2, 0.25) is 0 Å². The monoisotopic (exact) mass is 333 g/mol. The number of aromatic nitrogens is 2. The first-order valence-corrected chi connectivity index (χ1v) is 5.70. The highest BCUT2D eigenvalue weighted by atomic mass is 127. The molecule has 0 spiro atoms. The van der Waals surface area contributed by atoms with Gasteiger partial charge in [-0.1, -0.05) is 5.16 Å². The van der Waals surface area contributed by atoms with Crippen molar-refractivity contribution in [1.82, 2.24) is 10.1 Å². The van der Waals surface area contributed by atoms with Gasteiger partial charge in [0.1, 0.15) is 5.82 Å². The Labute approximate surface area is 105 Å². The van der Waals surface area contributed by atoms with Gasteiger partial charge in [-0.25, -0.2) is 4.39 Å². The molecule has 2 aromatic rings. The average molecular weight is 333 g/mol. The molecule has 1 aromatic heterocycles. The number of rotatable bonds is 2. The molecule has 2 N–H and O–H groups in total. The van der Waals surface area contributed by atoms with Crippen molar-refractivity contribution in [1.29, 1.82) is 0 Å². The average Bonchev–Trinajstić information content (AvgIpc) is 2.66. The van der Waals surface area contributed by atoms with E-state index in [-0.39, 0.29) is 11.9 Å². The summed E-state index contributed by atoms with van der Waals surface area (Å²) in [6, 6.07) is 4.09. The molecule has 0 radical (unpaired) electrons. The van der Waals surface area contributed by atoms with Gasteiger partial charge < -0.3 is 10.3 Å². The van der Waals surface area contributed by atoms with Gasteiger partial charge in [-0.2, -0.15) is 4.98 Å². The van der Waals surface area contributed by atoms with Crippen LogP contribution < -0.4 is 5.73 Å². The van der Waals surface area contributed by atoms with Crippen LogP contribution in [-0.2, 0) is 0 Å². The molecule has 6 heteroatoms. The maximum Gasteiger partial charge on any atom is 0.259 e. The van der Waals surface area contributed by atoms with Gasteiger partial charge in [-0.05, 0) is 47.7 Å². The Balaban J connectivity index is 2.42. The predicted octanol–water partition coefficient (Wildman–Crippen LogP) is 2.50. The summed E-state index contributed by atoms with van der Waals surface area (Å²) in [6.07, 6.45) is 0. The first kappa shape index (κ1) is 11.5. The molecule has 1 heterocycles. The van der Waals surface area contributed by atoms with Crippen LogP contribution in [0.25, 0.3) is 11.5 Å². The number of hydrogen-bond donors (Lipinski definition) is 1. The molecule has 0 saturated heterocycles. The van der Waals surface area contributed by atoms with Gasteiger partial charge in [-0.3, -0.25) is 0 Å². The van der Waals surface area contributed by atoms with Crippen molar-refractivity contribution in [2.24, 2.45) is 5.73 Å². The van der Waals surface area contributed by atoms with Gasteiger partial charge in [0.25, 0.3) is 5.89 Å². The minimum atomic E-state index is -0.292. The quantitative estimate of drug-likeness (QED) is 0.858. The zero-order chi connectivity index (χ0) is 11.7. The molecule has 0 fully saturated rings. The number of nitrogens with two attached hydrogens (primary N) is 1. The van der Waals surface area contributed by atoms with Crippen LogP contribution in [0.3, 0.4) is 0 Å². The molecule has 2 rings (SSSR count). The summed E-state index contributed by atoms with van der Waals surface area (Å²) in [5, 5.41) is 3.75. The molecule has 0 aliphatic rings. The summed E-state index contributed by atoms with van der Waals surface area (Å²) in [5.41, 5.74) is 6.33. The van der Waals surface area contributed by atoms with E-state index in [2.05, 4.69) is 10.1 Å². The molecule has 0 aliphatic heterocycles. The molecule has 16 heavy (non-hydrogen) atoms. The van der Waals surface area contributed by atoms with Crippen molar-refractivity contribution < 1.29 is 8.91 Å². The molecule has 0 aliphatic carbocycles. The molecular formula is C10H9FIN3O. The second-order valence-electron chi connectivity index (χ2n) is 3.37. The van der Waals surface area contributed by atoms with E-state index in [1.165, 1.54) is 12.1 Å². The van der Waals surface area contributed by atoms with E-state index in [4.69, 9.17) is 10.3 Å². The molecule has 0 saturated carbocycles. The smallest absolute Gasteiger partial charge is 0.259 e. The fraction of sp³-hybridized carbons (Fsp3) is 0.200. The van der Waals surface area contributed by atoms with Crippen LogP contribution in [0.1, 0.15) is 18.8 Å². The molecule has 1 atom stereocenters. The van der Waals surface area contributed by atoms with E-state index in [0.29, 0.717) is 17.3 Å². The van der Waals surface area contributed by atoms with Gasteiger partial charge in [0.15, 0.2) is 5.82 Å². The van der Waals surface area contributed by atoms with Crippen LogP contribution in [0.15, 0.2) is 22.7 Å². The number of hydrogen-bond acceptors (Lipinski definition) is 4. The molecule has 84 valence electrons. The predicted molar refractivity (Wildman–Crippen MR) is 65.0 cm³/mol. The first-order valence-electron chi connectivity index (χ1n) is 4.62. The van der Waals surface area contributed by atoms with Crippen LogP contribution in [0.4, 0.5) is 4.39 Å². The molecular weight excluding hydrogens is 324 g/mol. The third-order valence-electron chi connectivity index (χ3n) is 2.01. The lowest BCUT2D eigenvalue weighted by Crippen LogP contribution is -2.06. The van der Waals surface area contributed by atoms with Gasteiger partial charge in [-0.15, -0.1) is 0 Å².